The van der Waals surface area contributed by atoms with Crippen molar-refractivity contribution in [1.82, 2.24) is 5.32 Å². The summed E-state index contributed by atoms with van der Waals surface area (Å²) in [6.07, 6.45) is -0.205. The maximum Gasteiger partial charge on any atom is 0.408 e. The van der Waals surface area contributed by atoms with Gasteiger partial charge in [-0.1, -0.05) is 67.6 Å². The van der Waals surface area contributed by atoms with Crippen LogP contribution in [0.15, 0.2) is 60.7 Å². The molecular formula is C25H29N2O7+. The number of amides is 1. The molecule has 1 heterocycles. The van der Waals surface area contributed by atoms with E-state index in [2.05, 4.69) is 5.32 Å². The van der Waals surface area contributed by atoms with Gasteiger partial charge in [-0.3, -0.25) is 4.79 Å². The lowest BCUT2D eigenvalue weighted by Crippen LogP contribution is -2.88. The minimum absolute atomic E-state index is 0.00432. The van der Waals surface area contributed by atoms with E-state index in [9.17, 15) is 19.2 Å². The van der Waals surface area contributed by atoms with Crippen LogP contribution in [0.25, 0.3) is 0 Å². The number of ketones is 1. The van der Waals surface area contributed by atoms with Gasteiger partial charge in [0.15, 0.2) is 24.5 Å². The van der Waals surface area contributed by atoms with Gasteiger partial charge in [0, 0.05) is 17.9 Å². The molecule has 9 nitrogen and oxygen atoms in total. The summed E-state index contributed by atoms with van der Waals surface area (Å²) in [5, 5.41) is 4.26. The molecule has 2 aromatic carbocycles. The maximum atomic E-state index is 12.6. The predicted molar refractivity (Wildman–Crippen MR) is 121 cm³/mol. The quantitative estimate of drug-likeness (QED) is 0.305. The number of hydrogen-bond donors (Lipinski definition) is 2. The molecule has 9 heteroatoms. The molecule has 1 aliphatic rings. The Bertz CT molecular complexity index is 981. The molecule has 180 valence electrons. The number of esters is 2. The Balaban J connectivity index is 1.56. The van der Waals surface area contributed by atoms with Crippen molar-refractivity contribution in [2.75, 3.05) is 19.8 Å². The topological polar surface area (TPSA) is 125 Å². The fraction of sp³-hybridized carbons (Fsp3) is 0.360. The number of rotatable bonds is 10. The summed E-state index contributed by atoms with van der Waals surface area (Å²) in [7, 11) is 0. The SMILES string of the molecule is C[C@H]1C[NH2+][C@H](C(=O)OC[C@H](NC(=O)OCc2ccccc2)C(=O)OCC(=O)c2ccccc2)C1. The van der Waals surface area contributed by atoms with E-state index < -0.39 is 43.1 Å². The average molecular weight is 470 g/mol. The molecule has 0 saturated carbocycles. The molecule has 34 heavy (non-hydrogen) atoms. The Morgan fingerprint density at radius 1 is 0.971 bits per heavy atom. The number of Topliss-reactive ketones (excluding diaryl/α,β-unsaturated/α-hetero) is 1. The Morgan fingerprint density at radius 3 is 2.29 bits per heavy atom. The summed E-state index contributed by atoms with van der Waals surface area (Å²) in [5.41, 5.74) is 1.15. The molecule has 0 aromatic heterocycles. The zero-order chi connectivity index (χ0) is 24.3. The van der Waals surface area contributed by atoms with E-state index in [1.165, 1.54) is 0 Å². The number of quaternary nitrogens is 1. The number of nitrogens with two attached hydrogens (primary N) is 1. The summed E-state index contributed by atoms with van der Waals surface area (Å²) in [6.45, 7) is 1.91. The number of carbonyl (C=O) groups excluding carboxylic acids is 4. The van der Waals surface area contributed by atoms with Crippen molar-refractivity contribution in [3.8, 4) is 0 Å². The third kappa shape index (κ3) is 7.70. The van der Waals surface area contributed by atoms with Crippen molar-refractivity contribution in [3.63, 3.8) is 0 Å². The monoisotopic (exact) mass is 469 g/mol. The van der Waals surface area contributed by atoms with Crippen LogP contribution in [0, 0.1) is 5.92 Å². The summed E-state index contributed by atoms with van der Waals surface area (Å²) in [6, 6.07) is 15.7. The third-order valence-electron chi connectivity index (χ3n) is 5.40. The molecular weight excluding hydrogens is 440 g/mol. The standard InChI is InChI=1S/C25H28N2O7/c1-17-12-20(26-13-17)23(29)32-15-21(27-25(31)34-14-18-8-4-2-5-9-18)24(30)33-16-22(28)19-10-6-3-7-11-19/h2-11,17,20-21,26H,12-16H2,1H3,(H,27,31)/p+1/t17-,20+,21+/m1/s1. The van der Waals surface area contributed by atoms with Gasteiger partial charge < -0.3 is 24.8 Å². The molecule has 3 rings (SSSR count). The van der Waals surface area contributed by atoms with Crippen LogP contribution in [0.3, 0.4) is 0 Å². The van der Waals surface area contributed by atoms with Crippen LogP contribution in [0.2, 0.25) is 0 Å². The van der Waals surface area contributed by atoms with Gasteiger partial charge in [-0.2, -0.15) is 0 Å². The first-order valence-corrected chi connectivity index (χ1v) is 11.1. The molecule has 1 aliphatic heterocycles. The van der Waals surface area contributed by atoms with E-state index in [-0.39, 0.29) is 12.6 Å². The normalized spacial score (nSPS) is 17.9. The van der Waals surface area contributed by atoms with E-state index in [1.807, 2.05) is 18.3 Å². The fourth-order valence-corrected chi connectivity index (χ4v) is 3.51. The van der Waals surface area contributed by atoms with E-state index in [0.29, 0.717) is 17.9 Å². The lowest BCUT2D eigenvalue weighted by Gasteiger charge is -2.18. The van der Waals surface area contributed by atoms with Gasteiger partial charge in [0.2, 0.25) is 0 Å². The maximum absolute atomic E-state index is 12.6. The Morgan fingerprint density at radius 2 is 1.65 bits per heavy atom. The molecule has 1 fully saturated rings. The number of alkyl carbamates (subject to hydrolysis) is 1. The molecule has 3 atom stereocenters. The van der Waals surface area contributed by atoms with Crippen LogP contribution in [0.4, 0.5) is 4.79 Å². The van der Waals surface area contributed by atoms with Crippen molar-refractivity contribution in [2.45, 2.75) is 32.0 Å². The first-order valence-electron chi connectivity index (χ1n) is 11.1. The van der Waals surface area contributed by atoms with Gasteiger partial charge >= 0.3 is 18.0 Å². The first-order chi connectivity index (χ1) is 16.4. The number of hydrogen-bond acceptors (Lipinski definition) is 7. The highest BCUT2D eigenvalue weighted by Crippen LogP contribution is 2.09. The molecule has 1 saturated heterocycles. The highest BCUT2D eigenvalue weighted by molar-refractivity contribution is 5.98. The van der Waals surface area contributed by atoms with Crippen molar-refractivity contribution in [2.24, 2.45) is 5.92 Å². The zero-order valence-electron chi connectivity index (χ0n) is 19.0. The third-order valence-corrected chi connectivity index (χ3v) is 5.40. The molecule has 3 N–H and O–H groups in total. The molecule has 1 amide bonds. The van der Waals surface area contributed by atoms with Gasteiger partial charge in [-0.15, -0.1) is 0 Å². The van der Waals surface area contributed by atoms with Crippen LogP contribution in [-0.2, 0) is 30.4 Å². The highest BCUT2D eigenvalue weighted by atomic mass is 16.6. The van der Waals surface area contributed by atoms with Crippen molar-refractivity contribution < 1.29 is 38.7 Å². The Hall–Kier alpha value is -3.72. The second kappa shape index (κ2) is 12.5. The molecule has 0 spiro atoms. The number of nitrogens with one attached hydrogen (secondary N) is 1. The van der Waals surface area contributed by atoms with Crippen molar-refractivity contribution >= 4 is 23.8 Å². The molecule has 2 aromatic rings. The van der Waals surface area contributed by atoms with Crippen molar-refractivity contribution in [3.05, 3.63) is 71.8 Å². The van der Waals surface area contributed by atoms with E-state index in [0.717, 1.165) is 12.1 Å². The van der Waals surface area contributed by atoms with E-state index in [4.69, 9.17) is 14.2 Å². The van der Waals surface area contributed by atoms with Gasteiger partial charge in [0.05, 0.1) is 6.54 Å². The lowest BCUT2D eigenvalue weighted by molar-refractivity contribution is -0.660. The van der Waals surface area contributed by atoms with Gasteiger partial charge in [-0.05, 0) is 5.56 Å². The van der Waals surface area contributed by atoms with Crippen LogP contribution in [-0.4, -0.2) is 55.7 Å². The minimum Gasteiger partial charge on any atom is -0.458 e. The van der Waals surface area contributed by atoms with Gasteiger partial charge in [0.25, 0.3) is 0 Å². The van der Waals surface area contributed by atoms with Gasteiger partial charge in [0.1, 0.15) is 13.2 Å². The zero-order valence-corrected chi connectivity index (χ0v) is 19.0. The predicted octanol–water partition coefficient (Wildman–Crippen LogP) is 1.22. The summed E-state index contributed by atoms with van der Waals surface area (Å²) < 4.78 is 15.5. The van der Waals surface area contributed by atoms with Crippen LogP contribution in [0.1, 0.15) is 29.3 Å². The van der Waals surface area contributed by atoms with Crippen molar-refractivity contribution in [1.29, 1.82) is 0 Å². The summed E-state index contributed by atoms with van der Waals surface area (Å²) >= 11 is 0. The average Bonchev–Trinajstić information content (AvgIpc) is 3.31. The summed E-state index contributed by atoms with van der Waals surface area (Å²) in [4.78, 5) is 49.5. The van der Waals surface area contributed by atoms with Crippen LogP contribution in [0.5, 0.6) is 0 Å². The molecule has 0 unspecified atom stereocenters. The Labute approximate surface area is 197 Å². The molecule has 0 bridgehead atoms. The molecule has 0 aliphatic carbocycles. The smallest absolute Gasteiger partial charge is 0.408 e. The van der Waals surface area contributed by atoms with E-state index >= 15 is 0 Å². The largest absolute Gasteiger partial charge is 0.458 e. The Kier molecular flexibility index (Phi) is 9.16. The van der Waals surface area contributed by atoms with E-state index in [1.54, 1.807) is 54.6 Å². The first kappa shape index (κ1) is 24.9. The van der Waals surface area contributed by atoms with Crippen LogP contribution < -0.4 is 10.6 Å². The number of carbonyl (C=O) groups is 4. The molecule has 0 radical (unpaired) electrons. The second-order valence-electron chi connectivity index (χ2n) is 8.20. The minimum atomic E-state index is -1.32. The summed E-state index contributed by atoms with van der Waals surface area (Å²) in [5.74, 6) is -1.39. The lowest BCUT2D eigenvalue weighted by atomic mass is 10.1. The van der Waals surface area contributed by atoms with Crippen LogP contribution >= 0.6 is 0 Å². The fourth-order valence-electron chi connectivity index (χ4n) is 3.51. The second-order valence-corrected chi connectivity index (χ2v) is 8.20. The highest BCUT2D eigenvalue weighted by Gasteiger charge is 2.34. The number of ether oxygens (including phenoxy) is 3. The number of benzene rings is 2. The van der Waals surface area contributed by atoms with Gasteiger partial charge in [-0.25, -0.2) is 14.4 Å².